The van der Waals surface area contributed by atoms with E-state index in [0.717, 1.165) is 43.4 Å². The first kappa shape index (κ1) is 15.7. The first-order valence-corrected chi connectivity index (χ1v) is 7.18. The number of anilines is 2. The standard InChI is InChI=1S/C15H28N4/c1-7-9-16-13-10-14(18-12(8-2)17-13)19(6)11-15(3,4)5/h10H,7-9,11H2,1-6H3,(H,16,17,18). The fourth-order valence-electron chi connectivity index (χ4n) is 1.97. The van der Waals surface area contributed by atoms with Crippen LogP contribution in [0.4, 0.5) is 11.6 Å². The van der Waals surface area contributed by atoms with E-state index in [0.29, 0.717) is 0 Å². The van der Waals surface area contributed by atoms with Gasteiger partial charge in [-0.1, -0.05) is 34.6 Å². The lowest BCUT2D eigenvalue weighted by Crippen LogP contribution is -2.30. The molecule has 1 N–H and O–H groups in total. The van der Waals surface area contributed by atoms with Crippen LogP contribution in [0.25, 0.3) is 0 Å². The summed E-state index contributed by atoms with van der Waals surface area (Å²) >= 11 is 0. The highest BCUT2D eigenvalue weighted by Gasteiger charge is 2.16. The maximum Gasteiger partial charge on any atom is 0.134 e. The molecule has 0 saturated carbocycles. The normalized spacial score (nSPS) is 11.5. The van der Waals surface area contributed by atoms with Gasteiger partial charge in [0.2, 0.25) is 0 Å². The van der Waals surface area contributed by atoms with E-state index in [1.165, 1.54) is 0 Å². The molecule has 0 fully saturated rings. The minimum absolute atomic E-state index is 0.253. The molecule has 4 heteroatoms. The molecule has 0 aliphatic rings. The van der Waals surface area contributed by atoms with Gasteiger partial charge in [-0.15, -0.1) is 0 Å². The van der Waals surface area contributed by atoms with E-state index in [9.17, 15) is 0 Å². The predicted octanol–water partition coefficient (Wildman–Crippen LogP) is 3.34. The molecule has 0 aromatic carbocycles. The van der Waals surface area contributed by atoms with Gasteiger partial charge < -0.3 is 10.2 Å². The van der Waals surface area contributed by atoms with Gasteiger partial charge in [0.1, 0.15) is 17.5 Å². The zero-order chi connectivity index (χ0) is 14.5. The Morgan fingerprint density at radius 2 is 1.89 bits per heavy atom. The van der Waals surface area contributed by atoms with Gasteiger partial charge in [-0.05, 0) is 11.8 Å². The van der Waals surface area contributed by atoms with Crippen molar-refractivity contribution in [1.82, 2.24) is 9.97 Å². The van der Waals surface area contributed by atoms with Gasteiger partial charge in [-0.3, -0.25) is 0 Å². The zero-order valence-corrected chi connectivity index (χ0v) is 13.2. The summed E-state index contributed by atoms with van der Waals surface area (Å²) in [5.41, 5.74) is 0.253. The molecule has 0 bridgehead atoms. The van der Waals surface area contributed by atoms with Crippen LogP contribution in [0.15, 0.2) is 6.07 Å². The SMILES string of the molecule is CCCNc1cc(N(C)CC(C)(C)C)nc(CC)n1. The van der Waals surface area contributed by atoms with Crippen molar-refractivity contribution >= 4 is 11.6 Å². The van der Waals surface area contributed by atoms with Crippen LogP contribution in [0.1, 0.15) is 46.9 Å². The molecular weight excluding hydrogens is 236 g/mol. The van der Waals surface area contributed by atoms with E-state index in [1.54, 1.807) is 0 Å². The van der Waals surface area contributed by atoms with E-state index in [1.807, 2.05) is 6.07 Å². The summed E-state index contributed by atoms with van der Waals surface area (Å²) in [6.45, 7) is 12.9. The van der Waals surface area contributed by atoms with Crippen molar-refractivity contribution < 1.29 is 0 Å². The van der Waals surface area contributed by atoms with Crippen LogP contribution in [-0.4, -0.2) is 30.1 Å². The summed E-state index contributed by atoms with van der Waals surface area (Å²) in [6, 6.07) is 2.04. The smallest absolute Gasteiger partial charge is 0.134 e. The molecule has 1 rings (SSSR count). The second-order valence-electron chi connectivity index (χ2n) is 6.22. The van der Waals surface area contributed by atoms with Crippen LogP contribution in [0.3, 0.4) is 0 Å². The second-order valence-corrected chi connectivity index (χ2v) is 6.22. The van der Waals surface area contributed by atoms with Gasteiger partial charge in [0.15, 0.2) is 0 Å². The van der Waals surface area contributed by atoms with Gasteiger partial charge in [-0.2, -0.15) is 0 Å². The molecule has 0 unspecified atom stereocenters. The van der Waals surface area contributed by atoms with Gasteiger partial charge in [0.25, 0.3) is 0 Å². The third-order valence-electron chi connectivity index (χ3n) is 2.73. The lowest BCUT2D eigenvalue weighted by Gasteiger charge is -2.27. The predicted molar refractivity (Wildman–Crippen MR) is 82.9 cm³/mol. The third-order valence-corrected chi connectivity index (χ3v) is 2.73. The van der Waals surface area contributed by atoms with Crippen LogP contribution in [-0.2, 0) is 6.42 Å². The largest absolute Gasteiger partial charge is 0.370 e. The van der Waals surface area contributed by atoms with Crippen LogP contribution in [0.2, 0.25) is 0 Å². The van der Waals surface area contributed by atoms with E-state index in [-0.39, 0.29) is 5.41 Å². The molecule has 0 aliphatic carbocycles. The lowest BCUT2D eigenvalue weighted by molar-refractivity contribution is 0.417. The number of hydrogen-bond donors (Lipinski definition) is 1. The summed E-state index contributed by atoms with van der Waals surface area (Å²) in [6.07, 6.45) is 1.95. The fraction of sp³-hybridized carbons (Fsp3) is 0.733. The van der Waals surface area contributed by atoms with Crippen molar-refractivity contribution in [2.75, 3.05) is 30.4 Å². The summed E-state index contributed by atoms with van der Waals surface area (Å²) in [7, 11) is 2.09. The van der Waals surface area contributed by atoms with Crippen molar-refractivity contribution in [2.24, 2.45) is 5.41 Å². The zero-order valence-electron chi connectivity index (χ0n) is 13.2. The van der Waals surface area contributed by atoms with Gasteiger partial charge in [-0.25, -0.2) is 9.97 Å². The van der Waals surface area contributed by atoms with Crippen molar-refractivity contribution in [2.45, 2.75) is 47.5 Å². The maximum atomic E-state index is 4.62. The minimum atomic E-state index is 0.253. The molecule has 1 aromatic heterocycles. The number of aromatic nitrogens is 2. The van der Waals surface area contributed by atoms with Crippen molar-refractivity contribution in [3.05, 3.63) is 11.9 Å². The third kappa shape index (κ3) is 5.45. The maximum absolute atomic E-state index is 4.62. The van der Waals surface area contributed by atoms with Gasteiger partial charge in [0.05, 0.1) is 0 Å². The van der Waals surface area contributed by atoms with E-state index in [2.05, 4.69) is 61.9 Å². The highest BCUT2D eigenvalue weighted by Crippen LogP contribution is 2.21. The Bertz CT molecular complexity index is 396. The first-order valence-electron chi connectivity index (χ1n) is 7.18. The molecule has 0 atom stereocenters. The monoisotopic (exact) mass is 264 g/mol. The fourth-order valence-corrected chi connectivity index (χ4v) is 1.97. The molecule has 1 aromatic rings. The molecule has 1 heterocycles. The quantitative estimate of drug-likeness (QED) is 0.855. The minimum Gasteiger partial charge on any atom is -0.370 e. The Balaban J connectivity index is 2.92. The molecular formula is C15H28N4. The van der Waals surface area contributed by atoms with Gasteiger partial charge in [0, 0.05) is 32.6 Å². The highest BCUT2D eigenvalue weighted by molar-refractivity contribution is 5.49. The molecule has 4 nitrogen and oxygen atoms in total. The second kappa shape index (κ2) is 6.73. The van der Waals surface area contributed by atoms with Gasteiger partial charge >= 0.3 is 0 Å². The van der Waals surface area contributed by atoms with E-state index in [4.69, 9.17) is 0 Å². The Kier molecular flexibility index (Phi) is 5.58. The molecule has 0 spiro atoms. The summed E-state index contributed by atoms with van der Waals surface area (Å²) < 4.78 is 0. The number of hydrogen-bond acceptors (Lipinski definition) is 4. The lowest BCUT2D eigenvalue weighted by atomic mass is 9.96. The molecule has 0 saturated heterocycles. The summed E-state index contributed by atoms with van der Waals surface area (Å²) in [4.78, 5) is 11.3. The number of nitrogens with one attached hydrogen (secondary N) is 1. The first-order chi connectivity index (χ1) is 8.85. The van der Waals surface area contributed by atoms with E-state index >= 15 is 0 Å². The van der Waals surface area contributed by atoms with Crippen molar-refractivity contribution in [1.29, 1.82) is 0 Å². The summed E-state index contributed by atoms with van der Waals surface area (Å²) in [5, 5.41) is 3.35. The van der Waals surface area contributed by atoms with Crippen LogP contribution < -0.4 is 10.2 Å². The highest BCUT2D eigenvalue weighted by atomic mass is 15.2. The van der Waals surface area contributed by atoms with Crippen LogP contribution >= 0.6 is 0 Å². The molecule has 0 aliphatic heterocycles. The van der Waals surface area contributed by atoms with Crippen LogP contribution in [0, 0.1) is 5.41 Å². The molecule has 0 radical (unpaired) electrons. The Morgan fingerprint density at radius 3 is 2.42 bits per heavy atom. The number of nitrogens with zero attached hydrogens (tertiary/aromatic N) is 3. The molecule has 108 valence electrons. The average molecular weight is 264 g/mol. The molecule has 0 amide bonds. The van der Waals surface area contributed by atoms with Crippen LogP contribution in [0.5, 0.6) is 0 Å². The number of aryl methyl sites for hydroxylation is 1. The summed E-state index contributed by atoms with van der Waals surface area (Å²) in [5.74, 6) is 2.83. The number of rotatable bonds is 6. The topological polar surface area (TPSA) is 41.0 Å². The average Bonchev–Trinajstić information content (AvgIpc) is 2.33. The Labute approximate surface area is 117 Å². The van der Waals surface area contributed by atoms with Crippen molar-refractivity contribution in [3.8, 4) is 0 Å². The Morgan fingerprint density at radius 1 is 1.21 bits per heavy atom. The van der Waals surface area contributed by atoms with Crippen molar-refractivity contribution in [3.63, 3.8) is 0 Å². The Hall–Kier alpha value is -1.32. The van der Waals surface area contributed by atoms with E-state index < -0.39 is 0 Å². The molecule has 19 heavy (non-hydrogen) atoms.